The van der Waals surface area contributed by atoms with Crippen LogP contribution in [0.25, 0.3) is 10.2 Å². The summed E-state index contributed by atoms with van der Waals surface area (Å²) in [6, 6.07) is 10.6. The maximum atomic E-state index is 12.5. The second-order valence-electron chi connectivity index (χ2n) is 5.02. The van der Waals surface area contributed by atoms with Crippen LogP contribution in [0.2, 0.25) is 5.02 Å². The van der Waals surface area contributed by atoms with Crippen LogP contribution < -0.4 is 14.3 Å². The first-order chi connectivity index (χ1) is 11.5. The van der Waals surface area contributed by atoms with Gasteiger partial charge in [0, 0.05) is 12.6 Å². The van der Waals surface area contributed by atoms with E-state index in [1.54, 1.807) is 25.3 Å². The number of carbonyl (C=O) groups is 1. The zero-order chi connectivity index (χ0) is 17.3. The van der Waals surface area contributed by atoms with Crippen LogP contribution >= 0.6 is 22.9 Å². The van der Waals surface area contributed by atoms with Crippen LogP contribution in [0.5, 0.6) is 11.5 Å². The Labute approximate surface area is 147 Å². The van der Waals surface area contributed by atoms with E-state index in [0.29, 0.717) is 26.9 Å². The average Bonchev–Trinajstić information content (AvgIpc) is 2.91. The Bertz CT molecular complexity index is 991. The van der Waals surface area contributed by atoms with Gasteiger partial charge in [-0.05, 0) is 30.3 Å². The fourth-order valence-electron chi connectivity index (χ4n) is 2.38. The number of methoxy groups -OCH3 is 2. The standard InChI is InChI=1S/C17H15ClN2O3S/c1-20-15-11(18)5-4-6-14(15)24-17(20)19-16(21)10-7-8-12(22-2)13(9-10)23-3/h4-9H,1-3H3. The van der Waals surface area contributed by atoms with Crippen LogP contribution in [-0.4, -0.2) is 24.7 Å². The third-order valence-corrected chi connectivity index (χ3v) is 5.00. The predicted molar refractivity (Wildman–Crippen MR) is 95.2 cm³/mol. The lowest BCUT2D eigenvalue weighted by molar-refractivity contribution is 0.0997. The van der Waals surface area contributed by atoms with Crippen molar-refractivity contribution < 1.29 is 14.3 Å². The highest BCUT2D eigenvalue weighted by Crippen LogP contribution is 2.28. The number of halogens is 1. The highest BCUT2D eigenvalue weighted by Gasteiger charge is 2.12. The molecular weight excluding hydrogens is 348 g/mol. The summed E-state index contributed by atoms with van der Waals surface area (Å²) in [5.41, 5.74) is 1.29. The van der Waals surface area contributed by atoms with Gasteiger partial charge in [-0.3, -0.25) is 4.79 Å². The van der Waals surface area contributed by atoms with Gasteiger partial charge < -0.3 is 14.0 Å². The van der Waals surface area contributed by atoms with Gasteiger partial charge in [0.25, 0.3) is 5.91 Å². The van der Waals surface area contributed by atoms with E-state index in [1.807, 2.05) is 29.8 Å². The van der Waals surface area contributed by atoms with E-state index in [-0.39, 0.29) is 5.91 Å². The molecule has 0 aliphatic rings. The summed E-state index contributed by atoms with van der Waals surface area (Å²) in [6.45, 7) is 0. The van der Waals surface area contributed by atoms with Gasteiger partial charge in [0.1, 0.15) is 0 Å². The van der Waals surface area contributed by atoms with Gasteiger partial charge in [-0.25, -0.2) is 0 Å². The molecule has 0 spiro atoms. The Morgan fingerprint density at radius 3 is 2.58 bits per heavy atom. The van der Waals surface area contributed by atoms with Gasteiger partial charge >= 0.3 is 0 Å². The number of thiazole rings is 1. The van der Waals surface area contributed by atoms with Crippen molar-refractivity contribution in [1.82, 2.24) is 4.57 Å². The summed E-state index contributed by atoms with van der Waals surface area (Å²) in [4.78, 5) is 17.3. The first kappa shape index (κ1) is 16.5. The molecule has 0 N–H and O–H groups in total. The summed E-state index contributed by atoms with van der Waals surface area (Å²) >= 11 is 7.64. The van der Waals surface area contributed by atoms with Crippen molar-refractivity contribution in [1.29, 1.82) is 0 Å². The molecule has 0 fully saturated rings. The van der Waals surface area contributed by atoms with Gasteiger partial charge in [0.05, 0.1) is 29.5 Å². The lowest BCUT2D eigenvalue weighted by atomic mass is 10.2. The van der Waals surface area contributed by atoms with Crippen LogP contribution in [0.15, 0.2) is 41.4 Å². The van der Waals surface area contributed by atoms with Crippen molar-refractivity contribution in [3.05, 3.63) is 51.8 Å². The van der Waals surface area contributed by atoms with Crippen molar-refractivity contribution in [3.8, 4) is 11.5 Å². The maximum absolute atomic E-state index is 12.5. The molecule has 0 unspecified atom stereocenters. The van der Waals surface area contributed by atoms with Gasteiger partial charge in [0.15, 0.2) is 16.3 Å². The summed E-state index contributed by atoms with van der Waals surface area (Å²) < 4.78 is 13.2. The van der Waals surface area contributed by atoms with E-state index >= 15 is 0 Å². The van der Waals surface area contributed by atoms with Gasteiger partial charge in [0.2, 0.25) is 0 Å². The first-order valence-electron chi connectivity index (χ1n) is 7.10. The molecule has 1 aromatic heterocycles. The molecule has 0 atom stereocenters. The van der Waals surface area contributed by atoms with E-state index in [4.69, 9.17) is 21.1 Å². The molecule has 0 bridgehead atoms. The number of fused-ring (bicyclic) bond motifs is 1. The Morgan fingerprint density at radius 2 is 1.92 bits per heavy atom. The summed E-state index contributed by atoms with van der Waals surface area (Å²) in [5, 5.41) is 0.631. The van der Waals surface area contributed by atoms with E-state index in [9.17, 15) is 4.79 Å². The molecule has 7 heteroatoms. The van der Waals surface area contributed by atoms with Crippen molar-refractivity contribution in [2.75, 3.05) is 14.2 Å². The molecule has 5 nitrogen and oxygen atoms in total. The lowest BCUT2D eigenvalue weighted by Crippen LogP contribution is -2.13. The minimum Gasteiger partial charge on any atom is -0.493 e. The van der Waals surface area contributed by atoms with E-state index in [2.05, 4.69) is 4.99 Å². The van der Waals surface area contributed by atoms with Crippen molar-refractivity contribution in [2.45, 2.75) is 0 Å². The number of aromatic nitrogens is 1. The molecule has 2 aromatic carbocycles. The van der Waals surface area contributed by atoms with Crippen LogP contribution in [0, 0.1) is 0 Å². The average molecular weight is 363 g/mol. The molecule has 0 saturated heterocycles. The van der Waals surface area contributed by atoms with Crippen LogP contribution in [-0.2, 0) is 7.05 Å². The molecule has 0 saturated carbocycles. The Kier molecular flexibility index (Phi) is 4.59. The predicted octanol–water partition coefficient (Wildman–Crippen LogP) is 3.65. The number of benzene rings is 2. The number of hydrogen-bond donors (Lipinski definition) is 0. The quantitative estimate of drug-likeness (QED) is 0.714. The van der Waals surface area contributed by atoms with Gasteiger partial charge in [-0.1, -0.05) is 29.0 Å². The number of aryl methyl sites for hydroxylation is 1. The number of ether oxygens (including phenoxy) is 2. The van der Waals surface area contributed by atoms with Crippen molar-refractivity contribution in [2.24, 2.45) is 12.0 Å². The van der Waals surface area contributed by atoms with Crippen LogP contribution in [0.3, 0.4) is 0 Å². The summed E-state index contributed by atoms with van der Waals surface area (Å²) in [7, 11) is 4.91. The molecule has 0 aliphatic heterocycles. The first-order valence-corrected chi connectivity index (χ1v) is 8.29. The highest BCUT2D eigenvalue weighted by molar-refractivity contribution is 7.16. The Morgan fingerprint density at radius 1 is 1.17 bits per heavy atom. The molecule has 3 aromatic rings. The molecule has 124 valence electrons. The molecule has 0 radical (unpaired) electrons. The second-order valence-corrected chi connectivity index (χ2v) is 6.43. The zero-order valence-electron chi connectivity index (χ0n) is 13.4. The third kappa shape index (κ3) is 2.90. The van der Waals surface area contributed by atoms with E-state index < -0.39 is 0 Å². The van der Waals surface area contributed by atoms with Crippen LogP contribution in [0.4, 0.5) is 0 Å². The number of amides is 1. The molecule has 1 amide bonds. The number of para-hydroxylation sites is 1. The van der Waals surface area contributed by atoms with Gasteiger partial charge in [-0.15, -0.1) is 0 Å². The van der Waals surface area contributed by atoms with Crippen molar-refractivity contribution >= 4 is 39.1 Å². The van der Waals surface area contributed by atoms with Gasteiger partial charge in [-0.2, -0.15) is 4.99 Å². The number of rotatable bonds is 3. The zero-order valence-corrected chi connectivity index (χ0v) is 14.9. The van der Waals surface area contributed by atoms with E-state index in [1.165, 1.54) is 18.4 Å². The van der Waals surface area contributed by atoms with Crippen LogP contribution in [0.1, 0.15) is 10.4 Å². The third-order valence-electron chi connectivity index (χ3n) is 3.60. The second kappa shape index (κ2) is 6.67. The Hall–Kier alpha value is -2.31. The lowest BCUT2D eigenvalue weighted by Gasteiger charge is -2.07. The van der Waals surface area contributed by atoms with Crippen molar-refractivity contribution in [3.63, 3.8) is 0 Å². The van der Waals surface area contributed by atoms with E-state index in [0.717, 1.165) is 10.2 Å². The Balaban J connectivity index is 2.07. The topological polar surface area (TPSA) is 52.8 Å². The number of nitrogens with zero attached hydrogens (tertiary/aromatic N) is 2. The molecular formula is C17H15ClN2O3S. The molecule has 0 aliphatic carbocycles. The maximum Gasteiger partial charge on any atom is 0.279 e. The summed E-state index contributed by atoms with van der Waals surface area (Å²) in [5.74, 6) is 0.699. The molecule has 1 heterocycles. The largest absolute Gasteiger partial charge is 0.493 e. The molecule has 3 rings (SSSR count). The SMILES string of the molecule is COc1ccc(C(=O)N=c2sc3cccc(Cl)c3n2C)cc1OC. The fraction of sp³-hybridized carbons (Fsp3) is 0.176. The normalized spacial score (nSPS) is 11.8. The number of hydrogen-bond acceptors (Lipinski definition) is 4. The smallest absolute Gasteiger partial charge is 0.279 e. The minimum absolute atomic E-state index is 0.353. The minimum atomic E-state index is -0.353. The molecule has 24 heavy (non-hydrogen) atoms. The highest BCUT2D eigenvalue weighted by atomic mass is 35.5. The summed E-state index contributed by atoms with van der Waals surface area (Å²) in [6.07, 6.45) is 0. The number of carbonyl (C=O) groups excluding carboxylic acids is 1. The monoisotopic (exact) mass is 362 g/mol. The fourth-order valence-corrected chi connectivity index (χ4v) is 3.79.